The molecule has 0 saturated heterocycles. The third-order valence-corrected chi connectivity index (χ3v) is 2.95. The lowest BCUT2D eigenvalue weighted by Gasteiger charge is -2.14. The van der Waals surface area contributed by atoms with Crippen molar-refractivity contribution < 1.29 is 32.5 Å². The van der Waals surface area contributed by atoms with Crippen molar-refractivity contribution in [1.82, 2.24) is 4.98 Å². The summed E-state index contributed by atoms with van der Waals surface area (Å²) in [5.74, 6) is -2.17. The Morgan fingerprint density at radius 2 is 2.17 bits per heavy atom. The number of carbonyl (C=O) groups is 1. The number of aliphatic carboxylic acids is 1. The third-order valence-electron chi connectivity index (χ3n) is 1.77. The number of hydrogen-bond acceptors (Lipinski definition) is 4. The topological polar surface area (TPSA) is 68.7 Å². The van der Waals surface area contributed by atoms with E-state index in [1.165, 1.54) is 0 Å². The fourth-order valence-electron chi connectivity index (χ4n) is 1.13. The fraction of sp³-hybridized carbons (Fsp3) is 0.333. The normalized spacial score (nSPS) is 11.2. The van der Waals surface area contributed by atoms with Crippen molar-refractivity contribution in [2.45, 2.75) is 12.8 Å². The summed E-state index contributed by atoms with van der Waals surface area (Å²) in [5, 5.41) is 8.62. The Hall–Kier alpha value is -1.26. The lowest BCUT2D eigenvalue weighted by Crippen LogP contribution is -2.19. The van der Waals surface area contributed by atoms with Gasteiger partial charge in [0.25, 0.3) is 5.88 Å². The maximum atomic E-state index is 12.2. The molecule has 1 aromatic heterocycles. The molecule has 0 unspecified atom stereocenters. The van der Waals surface area contributed by atoms with Crippen molar-refractivity contribution in [2.75, 3.05) is 7.11 Å². The van der Waals surface area contributed by atoms with Gasteiger partial charge in [0.2, 0.25) is 5.75 Å². The molecule has 5 nitrogen and oxygen atoms in total. The smallest absolute Gasteiger partial charge is 0.481 e. The van der Waals surface area contributed by atoms with E-state index in [0.29, 0.717) is 0 Å². The van der Waals surface area contributed by atoms with Crippen LogP contribution in [0, 0.1) is 3.57 Å². The molecule has 0 radical (unpaired) electrons. The van der Waals surface area contributed by atoms with Crippen molar-refractivity contribution >= 4 is 28.6 Å². The zero-order valence-corrected chi connectivity index (χ0v) is 11.1. The van der Waals surface area contributed by atoms with Gasteiger partial charge in [-0.15, -0.1) is 13.2 Å². The van der Waals surface area contributed by atoms with Gasteiger partial charge in [0.15, 0.2) is 0 Å². The molecular weight excluding hydrogens is 370 g/mol. The van der Waals surface area contributed by atoms with Crippen LogP contribution in [-0.4, -0.2) is 29.5 Å². The van der Waals surface area contributed by atoms with Crippen molar-refractivity contribution in [3.05, 3.63) is 15.3 Å². The Morgan fingerprint density at radius 1 is 1.56 bits per heavy atom. The van der Waals surface area contributed by atoms with Gasteiger partial charge in [-0.1, -0.05) is 0 Å². The van der Waals surface area contributed by atoms with Crippen LogP contribution in [-0.2, 0) is 11.2 Å². The highest BCUT2D eigenvalue weighted by Gasteiger charge is 2.34. The minimum Gasteiger partial charge on any atom is -0.481 e. The van der Waals surface area contributed by atoms with Gasteiger partial charge in [0, 0.05) is 6.20 Å². The molecule has 0 bridgehead atoms. The van der Waals surface area contributed by atoms with Gasteiger partial charge >= 0.3 is 12.3 Å². The summed E-state index contributed by atoms with van der Waals surface area (Å²) in [6.07, 6.45) is -4.22. The van der Waals surface area contributed by atoms with Gasteiger partial charge in [0.05, 0.1) is 17.1 Å². The van der Waals surface area contributed by atoms with Crippen LogP contribution in [0.1, 0.15) is 5.56 Å². The van der Waals surface area contributed by atoms with E-state index >= 15 is 0 Å². The van der Waals surface area contributed by atoms with Crippen molar-refractivity contribution in [1.29, 1.82) is 0 Å². The highest BCUT2D eigenvalue weighted by atomic mass is 127. The van der Waals surface area contributed by atoms with Gasteiger partial charge in [-0.05, 0) is 28.2 Å². The first-order valence-corrected chi connectivity index (χ1v) is 5.51. The molecule has 0 aromatic carbocycles. The molecule has 9 heteroatoms. The van der Waals surface area contributed by atoms with Gasteiger partial charge < -0.3 is 14.6 Å². The number of rotatable bonds is 4. The first-order valence-electron chi connectivity index (χ1n) is 4.43. The number of aromatic nitrogens is 1. The van der Waals surface area contributed by atoms with Crippen LogP contribution in [0.15, 0.2) is 6.20 Å². The summed E-state index contributed by atoms with van der Waals surface area (Å²) in [6, 6.07) is 0. The summed E-state index contributed by atoms with van der Waals surface area (Å²) in [5.41, 5.74) is 0.114. The Bertz CT molecular complexity index is 464. The summed E-state index contributed by atoms with van der Waals surface area (Å²) in [4.78, 5) is 14.1. The number of carboxylic acids is 1. The molecule has 0 spiro atoms. The Morgan fingerprint density at radius 3 is 2.61 bits per heavy atom. The Balaban J connectivity index is 3.22. The van der Waals surface area contributed by atoms with Crippen molar-refractivity contribution in [3.8, 4) is 11.6 Å². The maximum absolute atomic E-state index is 12.2. The second kappa shape index (κ2) is 5.59. The van der Waals surface area contributed by atoms with Crippen LogP contribution in [0.25, 0.3) is 0 Å². The maximum Gasteiger partial charge on any atom is 0.573 e. The quantitative estimate of drug-likeness (QED) is 0.816. The molecule has 1 aromatic rings. The van der Waals surface area contributed by atoms with E-state index in [9.17, 15) is 18.0 Å². The number of carboxylic acid groups (broad SMARTS) is 1. The van der Waals surface area contributed by atoms with Gasteiger partial charge in [-0.3, -0.25) is 4.79 Å². The Labute approximate surface area is 113 Å². The number of nitrogens with zero attached hydrogens (tertiary/aromatic N) is 1. The molecule has 0 aliphatic heterocycles. The van der Waals surface area contributed by atoms with E-state index in [4.69, 9.17) is 5.11 Å². The number of alkyl halides is 3. The average Bonchev–Trinajstić information content (AvgIpc) is 2.22. The van der Waals surface area contributed by atoms with Crippen LogP contribution in [0.2, 0.25) is 0 Å². The van der Waals surface area contributed by atoms with Gasteiger partial charge in [0.1, 0.15) is 0 Å². The molecule has 0 fully saturated rings. The molecule has 18 heavy (non-hydrogen) atoms. The van der Waals surface area contributed by atoms with Crippen molar-refractivity contribution in [3.63, 3.8) is 0 Å². The minimum atomic E-state index is -4.91. The van der Waals surface area contributed by atoms with Gasteiger partial charge in [-0.2, -0.15) is 0 Å². The largest absolute Gasteiger partial charge is 0.573 e. The highest BCUT2D eigenvalue weighted by molar-refractivity contribution is 14.1. The number of pyridine rings is 1. The van der Waals surface area contributed by atoms with E-state index in [2.05, 4.69) is 14.5 Å². The number of halogens is 4. The van der Waals surface area contributed by atoms with E-state index in [0.717, 1.165) is 13.3 Å². The van der Waals surface area contributed by atoms with Crippen LogP contribution < -0.4 is 9.47 Å². The highest BCUT2D eigenvalue weighted by Crippen LogP contribution is 2.36. The monoisotopic (exact) mass is 377 g/mol. The molecule has 1 rings (SSSR count). The second-order valence-corrected chi connectivity index (χ2v) is 4.13. The number of hydrogen-bond donors (Lipinski definition) is 1. The van der Waals surface area contributed by atoms with Crippen LogP contribution in [0.4, 0.5) is 13.2 Å². The molecule has 0 amide bonds. The van der Waals surface area contributed by atoms with Crippen LogP contribution in [0.5, 0.6) is 11.6 Å². The molecule has 0 aliphatic carbocycles. The molecule has 0 aliphatic rings. The number of methoxy groups -OCH3 is 1. The predicted molar refractivity (Wildman–Crippen MR) is 61.5 cm³/mol. The zero-order chi connectivity index (χ0) is 13.9. The average molecular weight is 377 g/mol. The predicted octanol–water partition coefficient (Wildman–Crippen LogP) is 2.22. The second-order valence-electron chi connectivity index (χ2n) is 3.05. The zero-order valence-electron chi connectivity index (χ0n) is 8.92. The first kappa shape index (κ1) is 14.8. The molecule has 100 valence electrons. The first-order chi connectivity index (χ1) is 8.24. The molecule has 0 atom stereocenters. The van der Waals surface area contributed by atoms with E-state index in [1.807, 2.05) is 0 Å². The summed E-state index contributed by atoms with van der Waals surface area (Å²) < 4.78 is 45.1. The Kier molecular flexibility index (Phi) is 4.59. The van der Waals surface area contributed by atoms with Crippen molar-refractivity contribution in [2.24, 2.45) is 0 Å². The summed E-state index contributed by atoms with van der Waals surface area (Å²) in [6.45, 7) is 0. The van der Waals surface area contributed by atoms with E-state index < -0.39 is 24.5 Å². The lowest BCUT2D eigenvalue weighted by atomic mass is 10.2. The minimum absolute atomic E-state index is 0.000764. The van der Waals surface area contributed by atoms with E-state index in [1.54, 1.807) is 22.6 Å². The van der Waals surface area contributed by atoms with Crippen LogP contribution >= 0.6 is 22.6 Å². The standard InChI is InChI=1S/C9H7F3INO4/c1-17-8-7(18-9(10,11)12)6(13)4(3-14-8)2-5(15)16/h3H,2H2,1H3,(H,15,16). The molecule has 1 heterocycles. The molecule has 1 N–H and O–H groups in total. The third kappa shape index (κ3) is 3.89. The summed E-state index contributed by atoms with van der Waals surface area (Å²) in [7, 11) is 1.14. The molecular formula is C9H7F3INO4. The van der Waals surface area contributed by atoms with E-state index in [-0.39, 0.29) is 15.0 Å². The fourth-order valence-corrected chi connectivity index (χ4v) is 1.80. The van der Waals surface area contributed by atoms with Crippen LogP contribution in [0.3, 0.4) is 0 Å². The SMILES string of the molecule is COc1ncc(CC(=O)O)c(I)c1OC(F)(F)F. The number of ether oxygens (including phenoxy) is 2. The molecule has 0 saturated carbocycles. The lowest BCUT2D eigenvalue weighted by molar-refractivity contribution is -0.275. The summed E-state index contributed by atoms with van der Waals surface area (Å²) >= 11 is 1.55. The van der Waals surface area contributed by atoms with Gasteiger partial charge in [-0.25, -0.2) is 4.98 Å².